The average Bonchev–Trinajstić information content (AvgIpc) is 2.89. The molecule has 196 valence electrons. The van der Waals surface area contributed by atoms with Crippen LogP contribution in [0.25, 0.3) is 0 Å². The van der Waals surface area contributed by atoms with Crippen LogP contribution >= 0.6 is 0 Å². The summed E-state index contributed by atoms with van der Waals surface area (Å²) >= 11 is 0. The topological polar surface area (TPSA) is 65.4 Å². The number of benzene rings is 2. The molecule has 1 aliphatic rings. The van der Waals surface area contributed by atoms with Crippen molar-refractivity contribution in [2.24, 2.45) is 0 Å². The molecule has 0 aromatic heterocycles. The van der Waals surface area contributed by atoms with Crippen molar-refractivity contribution in [1.82, 2.24) is 10.2 Å². The number of carbonyl (C=O) groups excluding carboxylic acids is 1. The number of carbonyl (C=O) groups is 1. The van der Waals surface area contributed by atoms with Crippen molar-refractivity contribution in [2.75, 3.05) is 6.54 Å². The smallest absolute Gasteiger partial charge is 0.228 e. The molecule has 37 heavy (non-hydrogen) atoms. The number of nitrogens with one attached hydrogen (secondary N) is 1. The van der Waals surface area contributed by atoms with Gasteiger partial charge < -0.3 is 5.32 Å². The fourth-order valence-corrected chi connectivity index (χ4v) is 4.80. The van der Waals surface area contributed by atoms with E-state index in [1.165, 1.54) is 18.2 Å². The molecule has 3 rings (SSSR count). The second-order valence-electron chi connectivity index (χ2n) is 9.57. The molecule has 2 aromatic carbocycles. The maximum atomic E-state index is 13.8. The van der Waals surface area contributed by atoms with Gasteiger partial charge >= 0.3 is 0 Å². The van der Waals surface area contributed by atoms with Crippen LogP contribution in [0.1, 0.15) is 64.0 Å². The summed E-state index contributed by atoms with van der Waals surface area (Å²) in [7, 11) is 0. The first-order chi connectivity index (χ1) is 17.9. The van der Waals surface area contributed by atoms with Gasteiger partial charge in [0, 0.05) is 29.4 Å². The van der Waals surface area contributed by atoms with Gasteiger partial charge in [0.2, 0.25) is 5.91 Å². The van der Waals surface area contributed by atoms with Crippen LogP contribution in [0.15, 0.2) is 70.9 Å². The van der Waals surface area contributed by atoms with Gasteiger partial charge in [0.15, 0.2) is 5.75 Å². The van der Waals surface area contributed by atoms with Gasteiger partial charge in [-0.3, -0.25) is 14.6 Å². The van der Waals surface area contributed by atoms with Gasteiger partial charge in [-0.15, -0.1) is 0 Å². The van der Waals surface area contributed by atoms with Crippen molar-refractivity contribution in [3.8, 4) is 11.8 Å². The lowest BCUT2D eigenvalue weighted by Crippen LogP contribution is -2.40. The lowest BCUT2D eigenvalue weighted by Gasteiger charge is -2.37. The highest BCUT2D eigenvalue weighted by Gasteiger charge is 2.28. The molecule has 0 spiro atoms. The molecule has 7 heteroatoms. The van der Waals surface area contributed by atoms with Gasteiger partial charge in [-0.05, 0) is 73.6 Å². The molecule has 1 amide bonds. The first kappa shape index (κ1) is 28.1. The molecule has 5 nitrogen and oxygen atoms in total. The Labute approximate surface area is 218 Å². The van der Waals surface area contributed by atoms with Gasteiger partial charge in [0.1, 0.15) is 11.9 Å². The summed E-state index contributed by atoms with van der Waals surface area (Å²) in [6.45, 7) is 7.41. The Hall–Kier alpha value is -3.50. The van der Waals surface area contributed by atoms with Crippen molar-refractivity contribution in [3.63, 3.8) is 0 Å². The van der Waals surface area contributed by atoms with Gasteiger partial charge in [0.05, 0.1) is 12.0 Å². The zero-order valence-electron chi connectivity index (χ0n) is 21.8. The van der Waals surface area contributed by atoms with Crippen LogP contribution in [0.2, 0.25) is 0 Å². The molecule has 1 N–H and O–H groups in total. The SMILES string of the molecule is CCCC/C(NC(=O)Cc1ccc(OF)cc1)=C(/C#N)C1=C(C)CC(CC)N(Cc2cccc(F)c2)C1. The number of hydrogen-bond acceptors (Lipinski definition) is 4. The van der Waals surface area contributed by atoms with Gasteiger partial charge in [-0.25, -0.2) is 4.39 Å². The molecule has 0 radical (unpaired) electrons. The van der Waals surface area contributed by atoms with Crippen molar-refractivity contribution < 1.29 is 18.7 Å². The molecule has 2 aromatic rings. The Bertz CT molecular complexity index is 1180. The molecule has 0 aliphatic carbocycles. The highest BCUT2D eigenvalue weighted by Crippen LogP contribution is 2.32. The van der Waals surface area contributed by atoms with E-state index in [0.717, 1.165) is 42.4 Å². The summed E-state index contributed by atoms with van der Waals surface area (Å²) < 4.78 is 26.1. The van der Waals surface area contributed by atoms with Crippen LogP contribution in [0.4, 0.5) is 8.92 Å². The molecule has 0 fully saturated rings. The molecule has 1 atom stereocenters. The maximum Gasteiger partial charge on any atom is 0.228 e. The summed E-state index contributed by atoms with van der Waals surface area (Å²) in [5, 5.41) is 13.3. The summed E-state index contributed by atoms with van der Waals surface area (Å²) in [5.41, 5.74) is 4.83. The average molecular weight is 508 g/mol. The van der Waals surface area contributed by atoms with Crippen molar-refractivity contribution in [2.45, 2.75) is 71.9 Å². The molecular weight excluding hydrogens is 472 g/mol. The summed E-state index contributed by atoms with van der Waals surface area (Å²) in [4.78, 5) is 18.9. The van der Waals surface area contributed by atoms with E-state index in [9.17, 15) is 19.0 Å². The first-order valence-electron chi connectivity index (χ1n) is 12.9. The van der Waals surface area contributed by atoms with Crippen molar-refractivity contribution in [3.05, 3.63) is 87.9 Å². The van der Waals surface area contributed by atoms with Crippen LogP contribution in [0.3, 0.4) is 0 Å². The monoisotopic (exact) mass is 507 g/mol. The van der Waals surface area contributed by atoms with E-state index in [2.05, 4.69) is 42.0 Å². The molecule has 1 aliphatic heterocycles. The zero-order chi connectivity index (χ0) is 26.8. The number of halogens is 2. The Morgan fingerprint density at radius 3 is 2.57 bits per heavy atom. The molecular formula is C30H35F2N3O2. The Kier molecular flexibility index (Phi) is 10.4. The third-order valence-corrected chi connectivity index (χ3v) is 6.84. The molecule has 0 saturated carbocycles. The fraction of sp³-hybridized carbons (Fsp3) is 0.400. The predicted octanol–water partition coefficient (Wildman–Crippen LogP) is 6.72. The molecule has 1 unspecified atom stereocenters. The number of allylic oxidation sites excluding steroid dienone is 1. The third-order valence-electron chi connectivity index (χ3n) is 6.84. The Balaban J connectivity index is 1.87. The van der Waals surface area contributed by atoms with Crippen molar-refractivity contribution >= 4 is 5.91 Å². The minimum absolute atomic E-state index is 0.0762. The van der Waals surface area contributed by atoms with Crippen LogP contribution < -0.4 is 10.3 Å². The standard InChI is InChI=1S/C30H35F2N3O2/c1-4-6-10-29(34-30(36)17-22-11-13-26(37-32)14-12-22)27(18-33)28-20-35(25(5-2)15-21(28)3)19-23-8-7-9-24(31)16-23/h7-9,11-14,16,25H,4-6,10,15,17,19-20H2,1-3H3,(H,34,36)/b29-27+. The van der Waals surface area contributed by atoms with E-state index < -0.39 is 0 Å². The van der Waals surface area contributed by atoms with E-state index in [1.807, 2.05) is 6.07 Å². The van der Waals surface area contributed by atoms with Gasteiger partial charge in [-0.2, -0.15) is 5.26 Å². The minimum atomic E-state index is -0.261. The van der Waals surface area contributed by atoms with Crippen molar-refractivity contribution in [1.29, 1.82) is 5.26 Å². The maximum absolute atomic E-state index is 13.8. The number of amides is 1. The molecule has 1 heterocycles. The Morgan fingerprint density at radius 2 is 1.95 bits per heavy atom. The summed E-state index contributed by atoms with van der Waals surface area (Å²) in [6.07, 6.45) is 4.19. The lowest BCUT2D eigenvalue weighted by atomic mass is 9.88. The normalized spacial score (nSPS) is 16.7. The third kappa shape index (κ3) is 7.74. The largest absolute Gasteiger partial charge is 0.328 e. The van der Waals surface area contributed by atoms with E-state index >= 15 is 0 Å². The van der Waals surface area contributed by atoms with Crippen LogP contribution in [0, 0.1) is 17.1 Å². The quantitative estimate of drug-likeness (QED) is 0.343. The molecule has 0 bridgehead atoms. The van der Waals surface area contributed by atoms with Gasteiger partial charge in [-0.1, -0.05) is 50.1 Å². The van der Waals surface area contributed by atoms with E-state index in [-0.39, 0.29) is 29.9 Å². The number of nitrogens with zero attached hydrogens (tertiary/aromatic N) is 2. The van der Waals surface area contributed by atoms with Crippen LogP contribution in [-0.4, -0.2) is 23.4 Å². The van der Waals surface area contributed by atoms with E-state index in [4.69, 9.17) is 0 Å². The highest BCUT2D eigenvalue weighted by molar-refractivity contribution is 5.81. The lowest BCUT2D eigenvalue weighted by molar-refractivity contribution is -0.119. The number of hydrogen-bond donors (Lipinski definition) is 1. The number of nitriles is 1. The number of unbranched alkanes of at least 4 members (excludes halogenated alkanes) is 1. The highest BCUT2D eigenvalue weighted by atomic mass is 19.3. The second kappa shape index (κ2) is 13.7. The predicted molar refractivity (Wildman–Crippen MR) is 140 cm³/mol. The summed E-state index contributed by atoms with van der Waals surface area (Å²) in [6, 6.07) is 15.5. The van der Waals surface area contributed by atoms with Crippen LogP contribution in [0.5, 0.6) is 5.75 Å². The number of rotatable bonds is 11. The molecule has 0 saturated heterocycles. The van der Waals surface area contributed by atoms with Gasteiger partial charge in [0.25, 0.3) is 0 Å². The Morgan fingerprint density at radius 1 is 1.19 bits per heavy atom. The van der Waals surface area contributed by atoms with E-state index in [1.54, 1.807) is 24.3 Å². The summed E-state index contributed by atoms with van der Waals surface area (Å²) in [5.74, 6) is -0.416. The zero-order valence-corrected chi connectivity index (χ0v) is 21.8. The van der Waals surface area contributed by atoms with E-state index in [0.29, 0.717) is 36.3 Å². The van der Waals surface area contributed by atoms with Crippen LogP contribution in [-0.2, 0) is 17.8 Å². The fourth-order valence-electron chi connectivity index (χ4n) is 4.80. The minimum Gasteiger partial charge on any atom is -0.328 e. The first-order valence-corrected chi connectivity index (χ1v) is 12.9. The second-order valence-corrected chi connectivity index (χ2v) is 9.57.